The molecule has 4 rings (SSSR count). The van der Waals surface area contributed by atoms with Crippen molar-refractivity contribution in [2.45, 2.75) is 37.6 Å². The molecule has 1 aromatic rings. The van der Waals surface area contributed by atoms with Gasteiger partial charge < -0.3 is 14.2 Å². The summed E-state index contributed by atoms with van der Waals surface area (Å²) in [5, 5.41) is 0. The first-order valence-corrected chi connectivity index (χ1v) is 13.4. The summed E-state index contributed by atoms with van der Waals surface area (Å²) in [6, 6.07) is 3.94. The van der Waals surface area contributed by atoms with Crippen molar-refractivity contribution in [2.24, 2.45) is 23.7 Å². The van der Waals surface area contributed by atoms with Crippen LogP contribution in [0.25, 0.3) is 0 Å². The Morgan fingerprint density at radius 3 is 2.47 bits per heavy atom. The van der Waals surface area contributed by atoms with Gasteiger partial charge in [0.05, 0.1) is 5.56 Å². The molecule has 1 saturated heterocycles. The lowest BCUT2D eigenvalue weighted by atomic mass is 9.79. The van der Waals surface area contributed by atoms with Gasteiger partial charge in [-0.1, -0.05) is 36.2 Å². The molecular weight excluding hydrogens is 461 g/mol. The topological polar surface area (TPSA) is 133 Å². The normalized spacial score (nSPS) is 29.1. The van der Waals surface area contributed by atoms with Crippen molar-refractivity contribution < 1.29 is 41.6 Å². The van der Waals surface area contributed by atoms with E-state index in [1.165, 1.54) is 0 Å². The molecule has 34 heavy (non-hydrogen) atoms. The van der Waals surface area contributed by atoms with Crippen molar-refractivity contribution in [1.82, 2.24) is 0 Å². The van der Waals surface area contributed by atoms with E-state index in [1.54, 1.807) is 0 Å². The Morgan fingerprint density at radius 1 is 1.12 bits per heavy atom. The van der Waals surface area contributed by atoms with Crippen LogP contribution in [0.3, 0.4) is 0 Å². The first-order chi connectivity index (χ1) is 16.1. The molecule has 0 aromatic heterocycles. The maximum absolute atomic E-state index is 13.3. The van der Waals surface area contributed by atoms with Gasteiger partial charge >= 0.3 is 17.9 Å². The minimum Gasteiger partial charge on any atom is -0.464 e. The van der Waals surface area contributed by atoms with Crippen LogP contribution in [-0.2, 0) is 52.9 Å². The second-order valence-electron chi connectivity index (χ2n) is 9.18. The highest BCUT2D eigenvalue weighted by atomic mass is 32.2. The van der Waals surface area contributed by atoms with E-state index < -0.39 is 70.3 Å². The highest BCUT2D eigenvalue weighted by Crippen LogP contribution is 2.58. The first-order valence-electron chi connectivity index (χ1n) is 11.8. The highest BCUT2D eigenvalue weighted by molar-refractivity contribution is 7.85. The van der Waals surface area contributed by atoms with E-state index in [4.69, 9.17) is 18.8 Å². The van der Waals surface area contributed by atoms with Crippen LogP contribution in [-0.4, -0.2) is 79.0 Å². The molecule has 2 bridgehead atoms. The van der Waals surface area contributed by atoms with Gasteiger partial charge in [-0.2, -0.15) is 8.42 Å². The zero-order valence-corrected chi connectivity index (χ0v) is 20.3. The van der Waals surface area contributed by atoms with Crippen LogP contribution >= 0.6 is 0 Å². The number of esters is 3. The SMILES string of the molecule is BCc1cc(CB)c(CB)c(C(=O)OC2C3CC4C(OC(=O)C42)C3C(=O)OCCS(=O)(=O)O)c1. The van der Waals surface area contributed by atoms with E-state index >= 15 is 0 Å². The molecule has 1 aromatic carbocycles. The number of hydrogen-bond acceptors (Lipinski definition) is 8. The van der Waals surface area contributed by atoms with Gasteiger partial charge in [-0.25, -0.2) is 4.79 Å². The molecule has 1 aliphatic heterocycles. The number of carbonyl (C=O) groups excluding carboxylic acids is 3. The van der Waals surface area contributed by atoms with Crippen molar-refractivity contribution in [2.75, 3.05) is 12.4 Å². The summed E-state index contributed by atoms with van der Waals surface area (Å²) in [5.74, 6) is -4.63. The van der Waals surface area contributed by atoms with E-state index in [0.717, 1.165) is 29.3 Å². The number of carbonyl (C=O) groups is 3. The van der Waals surface area contributed by atoms with Gasteiger partial charge in [-0.3, -0.25) is 14.1 Å². The molecule has 0 amide bonds. The number of benzene rings is 1. The van der Waals surface area contributed by atoms with Crippen molar-refractivity contribution in [3.63, 3.8) is 0 Å². The summed E-state index contributed by atoms with van der Waals surface area (Å²) in [7, 11) is 1.74. The monoisotopic (exact) mass is 488 g/mol. The molecule has 3 fully saturated rings. The predicted molar refractivity (Wildman–Crippen MR) is 128 cm³/mol. The number of hydrogen-bond donors (Lipinski definition) is 1. The fraction of sp³-hybridized carbons (Fsp3) is 0.571. The Hall–Kier alpha value is -2.27. The van der Waals surface area contributed by atoms with Crippen LogP contribution in [0.4, 0.5) is 0 Å². The zero-order valence-electron chi connectivity index (χ0n) is 19.5. The quantitative estimate of drug-likeness (QED) is 0.179. The molecule has 0 radical (unpaired) electrons. The van der Waals surface area contributed by atoms with Crippen LogP contribution in [0.1, 0.15) is 33.5 Å². The smallest absolute Gasteiger partial charge is 0.338 e. The zero-order chi connectivity index (χ0) is 24.8. The summed E-state index contributed by atoms with van der Waals surface area (Å²) in [6.07, 6.45) is 1.19. The van der Waals surface area contributed by atoms with Gasteiger partial charge in [0.15, 0.2) is 0 Å². The lowest BCUT2D eigenvalue weighted by Gasteiger charge is -2.30. The Labute approximate surface area is 201 Å². The van der Waals surface area contributed by atoms with Gasteiger partial charge in [0.2, 0.25) is 0 Å². The third kappa shape index (κ3) is 4.40. The van der Waals surface area contributed by atoms with Crippen LogP contribution in [0.15, 0.2) is 12.1 Å². The molecule has 6 atom stereocenters. The Balaban J connectivity index is 1.57. The summed E-state index contributed by atoms with van der Waals surface area (Å²) in [5.41, 5.74) is 3.51. The Bertz CT molecular complexity index is 1120. The third-order valence-electron chi connectivity index (χ3n) is 7.41. The summed E-state index contributed by atoms with van der Waals surface area (Å²) < 4.78 is 47.2. The van der Waals surface area contributed by atoms with Gasteiger partial charge in [0, 0.05) is 11.8 Å². The molecular formula is C21H27B3O9S. The Kier molecular flexibility index (Phi) is 6.88. The number of ether oxygens (including phenoxy) is 3. The maximum atomic E-state index is 13.3. The third-order valence-corrected chi connectivity index (χ3v) is 8.09. The van der Waals surface area contributed by atoms with E-state index in [0.29, 0.717) is 18.3 Å². The van der Waals surface area contributed by atoms with Gasteiger partial charge in [-0.15, -0.1) is 0 Å². The summed E-state index contributed by atoms with van der Waals surface area (Å²) in [6.45, 7) is -0.510. The molecule has 9 nitrogen and oxygen atoms in total. The second kappa shape index (κ2) is 9.41. The van der Waals surface area contributed by atoms with E-state index in [-0.39, 0.29) is 5.92 Å². The molecule has 0 spiro atoms. The number of rotatable bonds is 9. The molecule has 180 valence electrons. The minimum absolute atomic E-state index is 0.256. The van der Waals surface area contributed by atoms with E-state index in [2.05, 4.69) is 6.07 Å². The van der Waals surface area contributed by atoms with Crippen molar-refractivity contribution in [3.05, 3.63) is 34.4 Å². The average molecular weight is 488 g/mol. The lowest BCUT2D eigenvalue weighted by molar-refractivity contribution is -0.157. The van der Waals surface area contributed by atoms with Gasteiger partial charge in [0.25, 0.3) is 10.1 Å². The fourth-order valence-corrected chi connectivity index (χ4v) is 6.20. The molecule has 13 heteroatoms. The van der Waals surface area contributed by atoms with Crippen LogP contribution in [0.2, 0.25) is 0 Å². The van der Waals surface area contributed by atoms with Gasteiger partial charge in [0.1, 0.15) is 59.9 Å². The van der Waals surface area contributed by atoms with Crippen LogP contribution < -0.4 is 0 Å². The van der Waals surface area contributed by atoms with Crippen molar-refractivity contribution in [3.8, 4) is 0 Å². The predicted octanol–water partition coefficient (Wildman–Crippen LogP) is -2.15. The van der Waals surface area contributed by atoms with Crippen LogP contribution in [0, 0.1) is 23.7 Å². The molecule has 1 N–H and O–H groups in total. The Morgan fingerprint density at radius 2 is 1.85 bits per heavy atom. The lowest BCUT2D eigenvalue weighted by Crippen LogP contribution is -2.43. The first kappa shape index (κ1) is 24.8. The second-order valence-corrected chi connectivity index (χ2v) is 10.8. The van der Waals surface area contributed by atoms with Crippen molar-refractivity contribution >= 4 is 51.6 Å². The standard InChI is InChI=1S/C21H27B3O9S/c22-6-9-3-10(7-23)14(8-24)11(4-9)19(25)32-18-12-5-13-16(18)21(27)33-17(13)15(12)20(26)31-1-2-34(28,29)30/h3-4,12-13,15-18H,1-2,5-8,22-24H2,(H,28,29,30). The molecule has 1 heterocycles. The fourth-order valence-electron chi connectivity index (χ4n) is 5.90. The van der Waals surface area contributed by atoms with E-state index in [1.807, 2.05) is 29.6 Å². The number of fused-ring (bicyclic) bond motifs is 1. The largest absolute Gasteiger partial charge is 0.464 e. The molecule has 2 aliphatic carbocycles. The molecule has 2 saturated carbocycles. The molecule has 6 unspecified atom stereocenters. The van der Waals surface area contributed by atoms with Crippen LogP contribution in [0.5, 0.6) is 0 Å². The summed E-state index contributed by atoms with van der Waals surface area (Å²) >= 11 is 0. The van der Waals surface area contributed by atoms with Crippen molar-refractivity contribution in [1.29, 1.82) is 0 Å². The molecule has 3 aliphatic rings. The highest BCUT2D eigenvalue weighted by Gasteiger charge is 2.70. The van der Waals surface area contributed by atoms with Gasteiger partial charge in [-0.05, 0) is 18.1 Å². The average Bonchev–Trinajstić information content (AvgIpc) is 3.39. The van der Waals surface area contributed by atoms with E-state index in [9.17, 15) is 22.8 Å². The minimum atomic E-state index is -4.28. The maximum Gasteiger partial charge on any atom is 0.338 e. The summed E-state index contributed by atoms with van der Waals surface area (Å²) in [4.78, 5) is 38.7.